The van der Waals surface area contributed by atoms with E-state index in [1.165, 1.54) is 5.56 Å². The molecule has 2 fully saturated rings. The summed E-state index contributed by atoms with van der Waals surface area (Å²) in [6.07, 6.45) is 3.52. The molecule has 3 rings (SSSR count). The monoisotopic (exact) mass is 368 g/mol. The molecule has 2 heterocycles. The molecule has 2 aliphatic heterocycles. The standard InChI is InChI=1S/C19H28N2O3.ClH/c1-23-17-4-2-15(3-5-17)16-6-10-21(11-7-16)18(22)19(14-20)8-12-24-13-9-19;/h2-5,16H,6-14,20H2,1H3;1H. The first kappa shape index (κ1) is 20.0. The van der Waals surface area contributed by atoms with Crippen molar-refractivity contribution in [1.82, 2.24) is 4.90 Å². The molecule has 0 saturated carbocycles. The maximum Gasteiger partial charge on any atom is 0.230 e. The molecule has 2 aliphatic rings. The number of benzene rings is 1. The molecule has 5 nitrogen and oxygen atoms in total. The second kappa shape index (κ2) is 8.88. The van der Waals surface area contributed by atoms with Gasteiger partial charge in [0.1, 0.15) is 5.75 Å². The first-order chi connectivity index (χ1) is 11.7. The maximum atomic E-state index is 13.0. The fraction of sp³-hybridized carbons (Fsp3) is 0.632. The molecule has 6 heteroatoms. The summed E-state index contributed by atoms with van der Waals surface area (Å²) in [6.45, 7) is 3.35. The van der Waals surface area contributed by atoms with Crippen molar-refractivity contribution < 1.29 is 14.3 Å². The van der Waals surface area contributed by atoms with E-state index in [1.807, 2.05) is 17.0 Å². The van der Waals surface area contributed by atoms with Gasteiger partial charge in [0.2, 0.25) is 5.91 Å². The SMILES string of the molecule is COc1ccc(C2CCN(C(=O)C3(CN)CCOCC3)CC2)cc1.Cl. The Morgan fingerprint density at radius 2 is 1.84 bits per heavy atom. The third-order valence-electron chi connectivity index (χ3n) is 5.66. The fourth-order valence-electron chi connectivity index (χ4n) is 3.89. The van der Waals surface area contributed by atoms with E-state index in [9.17, 15) is 4.79 Å². The zero-order valence-electron chi connectivity index (χ0n) is 14.9. The molecule has 140 valence electrons. The minimum absolute atomic E-state index is 0. The summed E-state index contributed by atoms with van der Waals surface area (Å²) in [5.41, 5.74) is 6.91. The summed E-state index contributed by atoms with van der Waals surface area (Å²) in [7, 11) is 1.68. The first-order valence-electron chi connectivity index (χ1n) is 8.90. The van der Waals surface area contributed by atoms with Gasteiger partial charge in [-0.3, -0.25) is 4.79 Å². The number of halogens is 1. The number of ether oxygens (including phenoxy) is 2. The molecule has 2 N–H and O–H groups in total. The fourth-order valence-corrected chi connectivity index (χ4v) is 3.89. The smallest absolute Gasteiger partial charge is 0.230 e. The van der Waals surface area contributed by atoms with E-state index in [4.69, 9.17) is 15.2 Å². The largest absolute Gasteiger partial charge is 0.497 e. The number of hydrogen-bond donors (Lipinski definition) is 1. The van der Waals surface area contributed by atoms with Gasteiger partial charge in [0.15, 0.2) is 0 Å². The molecule has 0 bridgehead atoms. The topological polar surface area (TPSA) is 64.8 Å². The highest BCUT2D eigenvalue weighted by molar-refractivity contribution is 5.85. The third-order valence-corrected chi connectivity index (χ3v) is 5.66. The summed E-state index contributed by atoms with van der Waals surface area (Å²) in [5.74, 6) is 1.64. The van der Waals surface area contributed by atoms with Gasteiger partial charge in [-0.2, -0.15) is 0 Å². The maximum absolute atomic E-state index is 13.0. The molecule has 1 aromatic rings. The molecular formula is C19H29ClN2O3. The van der Waals surface area contributed by atoms with Crippen molar-refractivity contribution in [2.45, 2.75) is 31.6 Å². The third kappa shape index (κ3) is 4.27. The number of carbonyl (C=O) groups is 1. The van der Waals surface area contributed by atoms with Crippen LogP contribution in [0.25, 0.3) is 0 Å². The lowest BCUT2D eigenvalue weighted by Gasteiger charge is -2.41. The van der Waals surface area contributed by atoms with Crippen LogP contribution in [-0.2, 0) is 9.53 Å². The van der Waals surface area contributed by atoms with Gasteiger partial charge < -0.3 is 20.1 Å². The molecule has 0 aromatic heterocycles. The summed E-state index contributed by atoms with van der Waals surface area (Å²) < 4.78 is 10.6. The van der Waals surface area contributed by atoms with Crippen LogP contribution >= 0.6 is 12.4 Å². The van der Waals surface area contributed by atoms with Gasteiger partial charge >= 0.3 is 0 Å². The van der Waals surface area contributed by atoms with Gasteiger partial charge in [0.05, 0.1) is 12.5 Å². The van der Waals surface area contributed by atoms with E-state index < -0.39 is 5.41 Å². The molecule has 2 saturated heterocycles. The molecule has 0 radical (unpaired) electrons. The van der Waals surface area contributed by atoms with Gasteiger partial charge in [-0.15, -0.1) is 12.4 Å². The number of carbonyl (C=O) groups excluding carboxylic acids is 1. The highest BCUT2D eigenvalue weighted by atomic mass is 35.5. The van der Waals surface area contributed by atoms with Crippen molar-refractivity contribution in [2.24, 2.45) is 11.1 Å². The number of methoxy groups -OCH3 is 1. The summed E-state index contributed by atoms with van der Waals surface area (Å²) >= 11 is 0. The Balaban J connectivity index is 0.00000225. The predicted octanol–water partition coefficient (Wildman–Crippen LogP) is 2.58. The average molecular weight is 369 g/mol. The van der Waals surface area contributed by atoms with Crippen molar-refractivity contribution in [3.63, 3.8) is 0 Å². The first-order valence-corrected chi connectivity index (χ1v) is 8.90. The number of nitrogens with zero attached hydrogens (tertiary/aromatic N) is 1. The van der Waals surface area contributed by atoms with Gasteiger partial charge in [0.25, 0.3) is 0 Å². The molecule has 0 unspecified atom stereocenters. The Labute approximate surface area is 156 Å². The Morgan fingerprint density at radius 1 is 1.24 bits per heavy atom. The lowest BCUT2D eigenvalue weighted by Crippen LogP contribution is -2.52. The van der Waals surface area contributed by atoms with Crippen LogP contribution in [0.5, 0.6) is 5.75 Å². The van der Waals surface area contributed by atoms with E-state index in [2.05, 4.69) is 12.1 Å². The van der Waals surface area contributed by atoms with Crippen LogP contribution < -0.4 is 10.5 Å². The number of nitrogens with two attached hydrogens (primary N) is 1. The minimum Gasteiger partial charge on any atom is -0.497 e. The summed E-state index contributed by atoms with van der Waals surface area (Å²) in [4.78, 5) is 15.0. The number of amides is 1. The summed E-state index contributed by atoms with van der Waals surface area (Å²) in [6, 6.07) is 8.30. The van der Waals surface area contributed by atoms with Crippen molar-refractivity contribution in [2.75, 3.05) is 40.0 Å². The molecule has 0 atom stereocenters. The molecule has 0 spiro atoms. The molecular weight excluding hydrogens is 340 g/mol. The van der Waals surface area contributed by atoms with Crippen LogP contribution in [0.3, 0.4) is 0 Å². The van der Waals surface area contributed by atoms with Crippen LogP contribution in [0.1, 0.15) is 37.2 Å². The van der Waals surface area contributed by atoms with E-state index in [0.717, 1.165) is 44.5 Å². The van der Waals surface area contributed by atoms with Crippen LogP contribution in [0.2, 0.25) is 0 Å². The second-order valence-corrected chi connectivity index (χ2v) is 6.94. The van der Waals surface area contributed by atoms with Crippen LogP contribution in [0.15, 0.2) is 24.3 Å². The number of rotatable bonds is 4. The van der Waals surface area contributed by atoms with Crippen molar-refractivity contribution in [3.05, 3.63) is 29.8 Å². The Morgan fingerprint density at radius 3 is 2.36 bits per heavy atom. The predicted molar refractivity (Wildman–Crippen MR) is 100 cm³/mol. The average Bonchev–Trinajstić information content (AvgIpc) is 2.68. The van der Waals surface area contributed by atoms with Crippen LogP contribution in [-0.4, -0.2) is 50.8 Å². The van der Waals surface area contributed by atoms with Gasteiger partial charge in [-0.25, -0.2) is 0 Å². The second-order valence-electron chi connectivity index (χ2n) is 6.94. The highest BCUT2D eigenvalue weighted by Crippen LogP contribution is 2.35. The van der Waals surface area contributed by atoms with E-state index in [0.29, 0.717) is 25.7 Å². The highest BCUT2D eigenvalue weighted by Gasteiger charge is 2.42. The molecule has 0 aliphatic carbocycles. The molecule has 1 amide bonds. The van der Waals surface area contributed by atoms with Gasteiger partial charge in [0, 0.05) is 32.8 Å². The zero-order valence-corrected chi connectivity index (χ0v) is 15.7. The van der Waals surface area contributed by atoms with E-state index in [-0.39, 0.29) is 18.3 Å². The Bertz CT molecular complexity index is 550. The lowest BCUT2D eigenvalue weighted by atomic mass is 9.78. The molecule has 1 aromatic carbocycles. The zero-order chi connectivity index (χ0) is 17.0. The Hall–Kier alpha value is -1.30. The van der Waals surface area contributed by atoms with Gasteiger partial charge in [-0.1, -0.05) is 12.1 Å². The van der Waals surface area contributed by atoms with Crippen LogP contribution in [0.4, 0.5) is 0 Å². The Kier molecular flexibility index (Phi) is 7.11. The normalized spacial score (nSPS) is 20.6. The minimum atomic E-state index is -0.398. The summed E-state index contributed by atoms with van der Waals surface area (Å²) in [5, 5.41) is 0. The van der Waals surface area contributed by atoms with E-state index >= 15 is 0 Å². The van der Waals surface area contributed by atoms with Gasteiger partial charge in [-0.05, 0) is 49.3 Å². The lowest BCUT2D eigenvalue weighted by molar-refractivity contribution is -0.148. The van der Waals surface area contributed by atoms with Crippen LogP contribution in [0, 0.1) is 5.41 Å². The van der Waals surface area contributed by atoms with E-state index in [1.54, 1.807) is 7.11 Å². The number of piperidine rings is 1. The number of hydrogen-bond acceptors (Lipinski definition) is 4. The molecule has 25 heavy (non-hydrogen) atoms. The van der Waals surface area contributed by atoms with Crippen molar-refractivity contribution in [3.8, 4) is 5.75 Å². The van der Waals surface area contributed by atoms with Crippen molar-refractivity contribution >= 4 is 18.3 Å². The van der Waals surface area contributed by atoms with Crippen molar-refractivity contribution in [1.29, 1.82) is 0 Å². The number of likely N-dealkylation sites (tertiary alicyclic amines) is 1. The quantitative estimate of drug-likeness (QED) is 0.887.